The summed E-state index contributed by atoms with van der Waals surface area (Å²) in [5.41, 5.74) is 1.66. The van der Waals surface area contributed by atoms with Crippen LogP contribution in [0.3, 0.4) is 0 Å². The zero-order valence-electron chi connectivity index (χ0n) is 9.56. The summed E-state index contributed by atoms with van der Waals surface area (Å²) in [5.74, 6) is 0.334. The minimum Gasteiger partial charge on any atom is -0.507 e. The molecule has 4 heteroatoms. The molecule has 0 amide bonds. The Kier molecular flexibility index (Phi) is 2.90. The Morgan fingerprint density at radius 2 is 2.29 bits per heavy atom. The van der Waals surface area contributed by atoms with Crippen LogP contribution in [-0.2, 0) is 6.42 Å². The topological polar surface area (TPSA) is 66.8 Å². The molecule has 0 saturated heterocycles. The lowest BCUT2D eigenvalue weighted by atomic mass is 10.0. The van der Waals surface area contributed by atoms with Crippen molar-refractivity contribution >= 4 is 5.78 Å². The van der Waals surface area contributed by atoms with Gasteiger partial charge in [-0.1, -0.05) is 6.58 Å². The molecular formula is C13H14O4. The van der Waals surface area contributed by atoms with E-state index in [9.17, 15) is 9.90 Å². The number of aromatic hydroxyl groups is 1. The average Bonchev–Trinajstić information content (AvgIpc) is 2.69. The van der Waals surface area contributed by atoms with Crippen molar-refractivity contribution in [3.8, 4) is 11.5 Å². The van der Waals surface area contributed by atoms with E-state index in [2.05, 4.69) is 6.58 Å². The van der Waals surface area contributed by atoms with E-state index in [4.69, 9.17) is 9.84 Å². The van der Waals surface area contributed by atoms with Crippen molar-refractivity contribution in [2.75, 3.05) is 6.61 Å². The Hall–Kier alpha value is -1.81. The summed E-state index contributed by atoms with van der Waals surface area (Å²) < 4.78 is 5.58. The number of fused-ring (bicyclic) bond motifs is 1. The van der Waals surface area contributed by atoms with Crippen molar-refractivity contribution in [3.05, 3.63) is 35.4 Å². The summed E-state index contributed by atoms with van der Waals surface area (Å²) in [6.07, 6.45) is 0.275. The van der Waals surface area contributed by atoms with Gasteiger partial charge in [-0.2, -0.15) is 0 Å². The van der Waals surface area contributed by atoms with Crippen LogP contribution in [0.5, 0.6) is 11.5 Å². The smallest absolute Gasteiger partial charge is 0.163 e. The highest BCUT2D eigenvalue weighted by Crippen LogP contribution is 2.36. The summed E-state index contributed by atoms with van der Waals surface area (Å²) in [6.45, 7) is 4.97. The van der Waals surface area contributed by atoms with Gasteiger partial charge in [-0.3, -0.25) is 4.79 Å². The first-order valence-corrected chi connectivity index (χ1v) is 5.35. The molecule has 1 aromatic rings. The monoisotopic (exact) mass is 234 g/mol. The molecule has 17 heavy (non-hydrogen) atoms. The van der Waals surface area contributed by atoms with Gasteiger partial charge < -0.3 is 14.9 Å². The van der Waals surface area contributed by atoms with Crippen molar-refractivity contribution in [1.82, 2.24) is 0 Å². The van der Waals surface area contributed by atoms with E-state index in [0.29, 0.717) is 17.7 Å². The maximum Gasteiger partial charge on any atom is 0.163 e. The van der Waals surface area contributed by atoms with Gasteiger partial charge >= 0.3 is 0 Å². The molecule has 2 N–H and O–H groups in total. The van der Waals surface area contributed by atoms with Crippen molar-refractivity contribution in [2.45, 2.75) is 19.4 Å². The fourth-order valence-electron chi connectivity index (χ4n) is 1.89. The van der Waals surface area contributed by atoms with E-state index in [1.807, 2.05) is 0 Å². The second-order valence-electron chi connectivity index (χ2n) is 4.16. The number of benzene rings is 1. The molecule has 1 atom stereocenters. The van der Waals surface area contributed by atoms with Gasteiger partial charge in [0.2, 0.25) is 0 Å². The van der Waals surface area contributed by atoms with Crippen molar-refractivity contribution < 1.29 is 19.7 Å². The Morgan fingerprint density at radius 3 is 2.88 bits per heavy atom. The van der Waals surface area contributed by atoms with Crippen LogP contribution in [0.25, 0.3) is 0 Å². The first kappa shape index (κ1) is 11.7. The number of rotatable bonds is 3. The molecule has 0 unspecified atom stereocenters. The Morgan fingerprint density at radius 1 is 1.59 bits per heavy atom. The molecule has 0 fully saturated rings. The largest absolute Gasteiger partial charge is 0.507 e. The lowest BCUT2D eigenvalue weighted by Gasteiger charge is -2.11. The van der Waals surface area contributed by atoms with Gasteiger partial charge in [0.1, 0.15) is 17.6 Å². The number of phenolic OH excluding ortho intramolecular Hbond substituents is 1. The van der Waals surface area contributed by atoms with Crippen LogP contribution in [0.15, 0.2) is 24.3 Å². The molecule has 0 aromatic heterocycles. The van der Waals surface area contributed by atoms with Crippen LogP contribution in [0.2, 0.25) is 0 Å². The number of hydrogen-bond acceptors (Lipinski definition) is 4. The average molecular weight is 234 g/mol. The van der Waals surface area contributed by atoms with Crippen molar-refractivity contribution in [2.24, 2.45) is 0 Å². The normalized spacial score (nSPS) is 17.4. The summed E-state index contributed by atoms with van der Waals surface area (Å²) in [6, 6.07) is 3.08. The number of Topliss-reactive ketones (excluding diaryl/α,β-unsaturated/α-hetero) is 1. The highest BCUT2D eigenvalue weighted by Gasteiger charge is 2.26. The second kappa shape index (κ2) is 4.22. The summed E-state index contributed by atoms with van der Waals surface area (Å²) in [5, 5.41) is 18.7. The SMILES string of the molecule is C=C(CO)[C@H]1Cc2cc(O)c(C(C)=O)cc2O1. The Labute approximate surface area is 99.2 Å². The van der Waals surface area contributed by atoms with Crippen molar-refractivity contribution in [3.63, 3.8) is 0 Å². The number of aliphatic hydroxyl groups is 1. The van der Waals surface area contributed by atoms with Crippen LogP contribution in [0, 0.1) is 0 Å². The van der Waals surface area contributed by atoms with Gasteiger partial charge in [0.15, 0.2) is 5.78 Å². The van der Waals surface area contributed by atoms with Crippen LogP contribution in [-0.4, -0.2) is 28.7 Å². The van der Waals surface area contributed by atoms with E-state index >= 15 is 0 Å². The van der Waals surface area contributed by atoms with E-state index in [1.165, 1.54) is 19.1 Å². The number of hydrogen-bond donors (Lipinski definition) is 2. The summed E-state index contributed by atoms with van der Waals surface area (Å²) >= 11 is 0. The zero-order valence-corrected chi connectivity index (χ0v) is 9.56. The van der Waals surface area contributed by atoms with Gasteiger partial charge in [0.25, 0.3) is 0 Å². The van der Waals surface area contributed by atoms with Crippen LogP contribution in [0.4, 0.5) is 0 Å². The number of ketones is 1. The van der Waals surface area contributed by atoms with E-state index in [1.54, 1.807) is 0 Å². The van der Waals surface area contributed by atoms with E-state index < -0.39 is 0 Å². The standard InChI is InChI=1S/C13H14O4/c1-7(6-14)12-4-9-3-11(16)10(8(2)15)5-13(9)17-12/h3,5,12,14,16H,1,4,6H2,2H3/t12-/m1/s1. The van der Waals surface area contributed by atoms with Crippen molar-refractivity contribution in [1.29, 1.82) is 0 Å². The molecule has 1 aliphatic heterocycles. The maximum atomic E-state index is 11.3. The molecule has 0 spiro atoms. The summed E-state index contributed by atoms with van der Waals surface area (Å²) in [7, 11) is 0. The van der Waals surface area contributed by atoms with E-state index in [0.717, 1.165) is 5.56 Å². The quantitative estimate of drug-likeness (QED) is 0.613. The van der Waals surface area contributed by atoms with Crippen LogP contribution >= 0.6 is 0 Å². The minimum absolute atomic E-state index is 0.0323. The number of phenols is 1. The van der Waals surface area contributed by atoms with Gasteiger partial charge in [-0.25, -0.2) is 0 Å². The lowest BCUT2D eigenvalue weighted by molar-refractivity contribution is 0.101. The molecule has 1 aromatic carbocycles. The Bertz CT molecular complexity index is 490. The maximum absolute atomic E-state index is 11.3. The number of carbonyl (C=O) groups excluding carboxylic acids is 1. The van der Waals surface area contributed by atoms with Crippen LogP contribution < -0.4 is 4.74 Å². The van der Waals surface area contributed by atoms with Crippen LogP contribution in [0.1, 0.15) is 22.8 Å². The number of carbonyl (C=O) groups is 1. The van der Waals surface area contributed by atoms with E-state index in [-0.39, 0.29) is 29.8 Å². The third-order valence-electron chi connectivity index (χ3n) is 2.89. The van der Waals surface area contributed by atoms with Gasteiger partial charge in [0, 0.05) is 12.0 Å². The lowest BCUT2D eigenvalue weighted by Crippen LogP contribution is -2.17. The first-order valence-electron chi connectivity index (χ1n) is 5.35. The zero-order chi connectivity index (χ0) is 12.6. The molecule has 2 rings (SSSR count). The molecular weight excluding hydrogens is 220 g/mol. The molecule has 1 heterocycles. The third kappa shape index (κ3) is 2.03. The minimum atomic E-state index is -0.281. The molecule has 4 nitrogen and oxygen atoms in total. The molecule has 1 aliphatic rings. The fourth-order valence-corrected chi connectivity index (χ4v) is 1.89. The highest BCUT2D eigenvalue weighted by molar-refractivity contribution is 5.97. The molecule has 0 saturated carbocycles. The van der Waals surface area contributed by atoms with Gasteiger partial charge in [-0.15, -0.1) is 0 Å². The second-order valence-corrected chi connectivity index (χ2v) is 4.16. The third-order valence-corrected chi connectivity index (χ3v) is 2.89. The predicted octanol–water partition coefficient (Wildman–Crippen LogP) is 1.45. The highest BCUT2D eigenvalue weighted by atomic mass is 16.5. The number of ether oxygens (including phenoxy) is 1. The molecule has 0 bridgehead atoms. The Balaban J connectivity index is 2.33. The predicted molar refractivity (Wildman–Crippen MR) is 62.5 cm³/mol. The number of aliphatic hydroxyl groups excluding tert-OH is 1. The van der Waals surface area contributed by atoms with Gasteiger partial charge in [-0.05, 0) is 24.6 Å². The molecule has 0 radical (unpaired) electrons. The fraction of sp³-hybridized carbons (Fsp3) is 0.308. The first-order chi connectivity index (χ1) is 8.02. The summed E-state index contributed by atoms with van der Waals surface area (Å²) in [4.78, 5) is 11.3. The molecule has 90 valence electrons. The van der Waals surface area contributed by atoms with Gasteiger partial charge in [0.05, 0.1) is 12.2 Å². The molecule has 0 aliphatic carbocycles.